The molecule has 0 bridgehead atoms. The van der Waals surface area contributed by atoms with E-state index in [9.17, 15) is 4.79 Å². The van der Waals surface area contributed by atoms with E-state index in [-0.39, 0.29) is 5.92 Å². The molecule has 0 saturated carbocycles. The van der Waals surface area contributed by atoms with E-state index in [1.807, 2.05) is 18.3 Å². The third-order valence-corrected chi connectivity index (χ3v) is 3.35. The standard InChI is InChI=1S/C13H18N2O3/c1-18-12-3-2-10(8-14-12)9-15-6-4-11(5-7-15)13(16)17/h2-3,8,11H,4-7,9H2,1H3,(H,16,17). The molecule has 1 aromatic rings. The van der Waals surface area contributed by atoms with Gasteiger partial charge in [-0.25, -0.2) is 4.98 Å². The van der Waals surface area contributed by atoms with Gasteiger partial charge in [0.25, 0.3) is 0 Å². The SMILES string of the molecule is COc1ccc(CN2CCC(C(=O)O)CC2)cn1. The highest BCUT2D eigenvalue weighted by Crippen LogP contribution is 2.19. The summed E-state index contributed by atoms with van der Waals surface area (Å²) in [6, 6.07) is 3.84. The van der Waals surface area contributed by atoms with Gasteiger partial charge in [0.1, 0.15) is 0 Å². The molecule has 2 rings (SSSR count). The smallest absolute Gasteiger partial charge is 0.306 e. The lowest BCUT2D eigenvalue weighted by atomic mass is 9.97. The maximum atomic E-state index is 10.8. The number of carboxylic acid groups (broad SMARTS) is 1. The largest absolute Gasteiger partial charge is 0.481 e. The number of methoxy groups -OCH3 is 1. The summed E-state index contributed by atoms with van der Waals surface area (Å²) in [7, 11) is 1.60. The number of likely N-dealkylation sites (tertiary alicyclic amines) is 1. The molecule has 1 N–H and O–H groups in total. The number of hydrogen-bond donors (Lipinski definition) is 1. The summed E-state index contributed by atoms with van der Waals surface area (Å²) in [5, 5.41) is 8.93. The second-order valence-corrected chi connectivity index (χ2v) is 4.60. The van der Waals surface area contributed by atoms with Crippen molar-refractivity contribution >= 4 is 5.97 Å². The molecule has 0 atom stereocenters. The van der Waals surface area contributed by atoms with Gasteiger partial charge in [0, 0.05) is 18.8 Å². The lowest BCUT2D eigenvalue weighted by Gasteiger charge is -2.29. The molecule has 5 nitrogen and oxygen atoms in total. The van der Waals surface area contributed by atoms with Crippen LogP contribution in [0.2, 0.25) is 0 Å². The minimum atomic E-state index is -0.666. The van der Waals surface area contributed by atoms with E-state index in [2.05, 4.69) is 9.88 Å². The Labute approximate surface area is 106 Å². The van der Waals surface area contributed by atoms with Crippen LogP contribution in [0, 0.1) is 5.92 Å². The number of aromatic nitrogens is 1. The Hall–Kier alpha value is -1.62. The average Bonchev–Trinajstić information content (AvgIpc) is 2.40. The zero-order valence-electron chi connectivity index (χ0n) is 10.5. The number of piperidine rings is 1. The van der Waals surface area contributed by atoms with Crippen LogP contribution < -0.4 is 4.74 Å². The number of carbonyl (C=O) groups is 1. The number of hydrogen-bond acceptors (Lipinski definition) is 4. The van der Waals surface area contributed by atoms with Crippen molar-refractivity contribution in [3.8, 4) is 5.88 Å². The van der Waals surface area contributed by atoms with E-state index >= 15 is 0 Å². The minimum Gasteiger partial charge on any atom is -0.481 e. The van der Waals surface area contributed by atoms with Gasteiger partial charge in [-0.05, 0) is 31.5 Å². The lowest BCUT2D eigenvalue weighted by molar-refractivity contribution is -0.143. The van der Waals surface area contributed by atoms with E-state index in [0.717, 1.165) is 38.0 Å². The molecule has 0 amide bonds. The minimum absolute atomic E-state index is 0.171. The van der Waals surface area contributed by atoms with Crippen LogP contribution in [0.5, 0.6) is 5.88 Å². The normalized spacial score (nSPS) is 17.6. The third kappa shape index (κ3) is 3.20. The number of pyridine rings is 1. The predicted molar refractivity (Wildman–Crippen MR) is 66.4 cm³/mol. The van der Waals surface area contributed by atoms with Crippen molar-refractivity contribution in [3.05, 3.63) is 23.9 Å². The Morgan fingerprint density at radius 2 is 2.22 bits per heavy atom. The van der Waals surface area contributed by atoms with Gasteiger partial charge in [-0.2, -0.15) is 0 Å². The van der Waals surface area contributed by atoms with Gasteiger partial charge in [0.05, 0.1) is 13.0 Å². The highest BCUT2D eigenvalue weighted by Gasteiger charge is 2.24. The highest BCUT2D eigenvalue weighted by atomic mass is 16.5. The molecule has 1 fully saturated rings. The van der Waals surface area contributed by atoms with Crippen molar-refractivity contribution in [2.45, 2.75) is 19.4 Å². The van der Waals surface area contributed by atoms with Crippen molar-refractivity contribution < 1.29 is 14.6 Å². The second kappa shape index (κ2) is 5.82. The summed E-state index contributed by atoms with van der Waals surface area (Å²) in [6.45, 7) is 2.50. The molecule has 1 aliphatic rings. The Kier molecular flexibility index (Phi) is 4.15. The highest BCUT2D eigenvalue weighted by molar-refractivity contribution is 5.70. The van der Waals surface area contributed by atoms with Gasteiger partial charge < -0.3 is 9.84 Å². The molecular formula is C13H18N2O3. The van der Waals surface area contributed by atoms with Crippen LogP contribution in [-0.2, 0) is 11.3 Å². The van der Waals surface area contributed by atoms with Crippen LogP contribution in [0.4, 0.5) is 0 Å². The van der Waals surface area contributed by atoms with Crippen molar-refractivity contribution in [2.75, 3.05) is 20.2 Å². The van der Waals surface area contributed by atoms with E-state index in [0.29, 0.717) is 5.88 Å². The van der Waals surface area contributed by atoms with Crippen LogP contribution in [-0.4, -0.2) is 41.2 Å². The maximum Gasteiger partial charge on any atom is 0.306 e. The summed E-state index contributed by atoms with van der Waals surface area (Å²) < 4.78 is 5.01. The van der Waals surface area contributed by atoms with Crippen LogP contribution in [0.25, 0.3) is 0 Å². The van der Waals surface area contributed by atoms with E-state index in [1.165, 1.54) is 0 Å². The van der Waals surface area contributed by atoms with Crippen molar-refractivity contribution in [3.63, 3.8) is 0 Å². The van der Waals surface area contributed by atoms with Gasteiger partial charge in [0.2, 0.25) is 5.88 Å². The van der Waals surface area contributed by atoms with Gasteiger partial charge in [-0.3, -0.25) is 9.69 Å². The molecule has 0 spiro atoms. The summed E-state index contributed by atoms with van der Waals surface area (Å²) in [5.41, 5.74) is 1.13. The lowest BCUT2D eigenvalue weighted by Crippen LogP contribution is -2.35. The topological polar surface area (TPSA) is 62.7 Å². The van der Waals surface area contributed by atoms with E-state index in [1.54, 1.807) is 7.11 Å². The van der Waals surface area contributed by atoms with Gasteiger partial charge >= 0.3 is 5.97 Å². The zero-order valence-corrected chi connectivity index (χ0v) is 10.5. The predicted octanol–water partition coefficient (Wildman–Crippen LogP) is 1.39. The monoisotopic (exact) mass is 250 g/mol. The summed E-state index contributed by atoms with van der Waals surface area (Å²) >= 11 is 0. The van der Waals surface area contributed by atoms with E-state index in [4.69, 9.17) is 9.84 Å². The second-order valence-electron chi connectivity index (χ2n) is 4.60. The number of carboxylic acids is 1. The fourth-order valence-electron chi connectivity index (χ4n) is 2.22. The van der Waals surface area contributed by atoms with Crippen molar-refractivity contribution in [1.29, 1.82) is 0 Å². The number of aliphatic carboxylic acids is 1. The molecule has 0 aliphatic carbocycles. The Bertz CT molecular complexity index is 397. The summed E-state index contributed by atoms with van der Waals surface area (Å²) in [5.74, 6) is -0.223. The molecule has 0 radical (unpaired) electrons. The molecule has 2 heterocycles. The quantitative estimate of drug-likeness (QED) is 0.874. The molecule has 1 aromatic heterocycles. The molecule has 18 heavy (non-hydrogen) atoms. The first-order chi connectivity index (χ1) is 8.69. The van der Waals surface area contributed by atoms with Crippen molar-refractivity contribution in [2.24, 2.45) is 5.92 Å². The first-order valence-electron chi connectivity index (χ1n) is 6.13. The summed E-state index contributed by atoms with van der Waals surface area (Å²) in [4.78, 5) is 17.3. The molecule has 5 heteroatoms. The number of nitrogens with zero attached hydrogens (tertiary/aromatic N) is 2. The van der Waals surface area contributed by atoms with Crippen molar-refractivity contribution in [1.82, 2.24) is 9.88 Å². The first-order valence-corrected chi connectivity index (χ1v) is 6.13. The molecule has 0 aromatic carbocycles. The van der Waals surface area contributed by atoms with E-state index < -0.39 is 5.97 Å². The fraction of sp³-hybridized carbons (Fsp3) is 0.538. The number of rotatable bonds is 4. The number of ether oxygens (including phenoxy) is 1. The van der Waals surface area contributed by atoms with Gasteiger partial charge in [-0.15, -0.1) is 0 Å². The average molecular weight is 250 g/mol. The van der Waals surface area contributed by atoms with Crippen LogP contribution >= 0.6 is 0 Å². The first kappa shape index (κ1) is 12.8. The van der Waals surface area contributed by atoms with Gasteiger partial charge in [-0.1, -0.05) is 6.07 Å². The molecular weight excluding hydrogens is 232 g/mol. The van der Waals surface area contributed by atoms with Crippen LogP contribution in [0.15, 0.2) is 18.3 Å². The Morgan fingerprint density at radius 1 is 1.50 bits per heavy atom. The third-order valence-electron chi connectivity index (χ3n) is 3.35. The molecule has 1 aliphatic heterocycles. The fourth-order valence-corrected chi connectivity index (χ4v) is 2.22. The summed E-state index contributed by atoms with van der Waals surface area (Å²) in [6.07, 6.45) is 3.28. The Morgan fingerprint density at radius 3 is 2.72 bits per heavy atom. The zero-order chi connectivity index (χ0) is 13.0. The van der Waals surface area contributed by atoms with Crippen LogP contribution in [0.3, 0.4) is 0 Å². The molecule has 1 saturated heterocycles. The van der Waals surface area contributed by atoms with Crippen LogP contribution in [0.1, 0.15) is 18.4 Å². The maximum absolute atomic E-state index is 10.8. The Balaban J connectivity index is 1.85. The molecule has 98 valence electrons. The van der Waals surface area contributed by atoms with Gasteiger partial charge in [0.15, 0.2) is 0 Å². The molecule has 0 unspecified atom stereocenters.